The molecule has 1 aromatic heterocycles. The van der Waals surface area contributed by atoms with Crippen LogP contribution in [0.3, 0.4) is 0 Å². The van der Waals surface area contributed by atoms with Gasteiger partial charge in [0.05, 0.1) is 6.54 Å². The lowest BCUT2D eigenvalue weighted by atomic mass is 10.2. The molecule has 0 aliphatic heterocycles. The van der Waals surface area contributed by atoms with Gasteiger partial charge in [0, 0.05) is 37.6 Å². The Bertz CT molecular complexity index is 765. The fourth-order valence-corrected chi connectivity index (χ4v) is 2.95. The van der Waals surface area contributed by atoms with Crippen molar-refractivity contribution in [3.8, 4) is 0 Å². The van der Waals surface area contributed by atoms with Crippen LogP contribution < -0.4 is 0 Å². The molecule has 0 spiro atoms. The van der Waals surface area contributed by atoms with Crippen LogP contribution in [0.5, 0.6) is 0 Å². The van der Waals surface area contributed by atoms with Crippen LogP contribution in [-0.4, -0.2) is 45.8 Å². The van der Waals surface area contributed by atoms with Gasteiger partial charge in [-0.1, -0.05) is 38.1 Å². The Labute approximate surface area is 161 Å². The Morgan fingerprint density at radius 2 is 1.81 bits per heavy atom. The first-order valence-corrected chi connectivity index (χ1v) is 9.25. The average molecular weight is 367 g/mol. The second kappa shape index (κ2) is 9.76. The highest BCUT2D eigenvalue weighted by molar-refractivity contribution is 5.96. The van der Waals surface area contributed by atoms with Gasteiger partial charge in [0.1, 0.15) is 6.54 Å². The lowest BCUT2D eigenvalue weighted by molar-refractivity contribution is -0.133. The van der Waals surface area contributed by atoms with Crippen molar-refractivity contribution >= 4 is 11.8 Å². The Hall–Kier alpha value is -2.82. The van der Waals surface area contributed by atoms with E-state index >= 15 is 0 Å². The molecule has 0 radical (unpaired) electrons. The Morgan fingerprint density at radius 3 is 2.37 bits per heavy atom. The van der Waals surface area contributed by atoms with Crippen LogP contribution in [0, 0.1) is 5.92 Å². The number of rotatable bonds is 9. The molecular formula is C22H29N3O2. The van der Waals surface area contributed by atoms with Crippen molar-refractivity contribution in [2.75, 3.05) is 19.6 Å². The van der Waals surface area contributed by atoms with Gasteiger partial charge >= 0.3 is 0 Å². The summed E-state index contributed by atoms with van der Waals surface area (Å²) in [7, 11) is 1.97. The van der Waals surface area contributed by atoms with Crippen LogP contribution in [0.1, 0.15) is 29.9 Å². The van der Waals surface area contributed by atoms with Crippen molar-refractivity contribution < 1.29 is 9.59 Å². The second-order valence-electron chi connectivity index (χ2n) is 7.12. The third-order valence-corrected chi connectivity index (χ3v) is 4.33. The van der Waals surface area contributed by atoms with Gasteiger partial charge in [0.2, 0.25) is 5.91 Å². The summed E-state index contributed by atoms with van der Waals surface area (Å²) < 4.78 is 2.01. The maximum atomic E-state index is 13.0. The van der Waals surface area contributed by atoms with Crippen LogP contribution in [-0.2, 0) is 18.4 Å². The second-order valence-corrected chi connectivity index (χ2v) is 7.12. The quantitative estimate of drug-likeness (QED) is 0.638. The van der Waals surface area contributed by atoms with Gasteiger partial charge in [-0.15, -0.1) is 6.58 Å². The molecule has 27 heavy (non-hydrogen) atoms. The zero-order valence-corrected chi connectivity index (χ0v) is 16.5. The molecule has 0 atom stereocenters. The molecule has 2 rings (SSSR count). The standard InChI is InChI=1S/C22H29N3O2/c1-5-13-24(22(27)19-10-7-6-8-11-19)17-21(26)25(15-18(2)3)16-20-12-9-14-23(20)4/h5-12,14,18H,1,13,15-17H2,2-4H3. The normalized spacial score (nSPS) is 10.7. The Kier molecular flexibility index (Phi) is 7.41. The molecule has 144 valence electrons. The van der Waals surface area contributed by atoms with E-state index in [-0.39, 0.29) is 18.4 Å². The predicted molar refractivity (Wildman–Crippen MR) is 108 cm³/mol. The lowest BCUT2D eigenvalue weighted by Gasteiger charge is -2.28. The summed E-state index contributed by atoms with van der Waals surface area (Å²) in [6, 6.07) is 13.0. The van der Waals surface area contributed by atoms with Crippen molar-refractivity contribution in [2.24, 2.45) is 13.0 Å². The highest BCUT2D eigenvalue weighted by Gasteiger charge is 2.22. The number of hydrogen-bond donors (Lipinski definition) is 0. The first kappa shape index (κ1) is 20.5. The first-order valence-electron chi connectivity index (χ1n) is 9.25. The Morgan fingerprint density at radius 1 is 1.11 bits per heavy atom. The number of carbonyl (C=O) groups excluding carboxylic acids is 2. The van der Waals surface area contributed by atoms with E-state index in [1.54, 1.807) is 23.1 Å². The minimum Gasteiger partial charge on any atom is -0.353 e. The monoisotopic (exact) mass is 367 g/mol. The molecule has 0 saturated heterocycles. The van der Waals surface area contributed by atoms with E-state index in [9.17, 15) is 9.59 Å². The molecule has 0 aliphatic carbocycles. The maximum Gasteiger partial charge on any atom is 0.254 e. The van der Waals surface area contributed by atoms with Crippen LogP contribution in [0.15, 0.2) is 61.3 Å². The molecule has 0 fully saturated rings. The lowest BCUT2D eigenvalue weighted by Crippen LogP contribution is -2.44. The van der Waals surface area contributed by atoms with Gasteiger partial charge < -0.3 is 14.4 Å². The number of nitrogens with zero attached hydrogens (tertiary/aromatic N) is 3. The fourth-order valence-electron chi connectivity index (χ4n) is 2.95. The summed E-state index contributed by atoms with van der Waals surface area (Å²) in [5.74, 6) is 0.121. The zero-order chi connectivity index (χ0) is 19.8. The molecule has 2 amide bonds. The molecule has 5 nitrogen and oxygen atoms in total. The van der Waals surface area contributed by atoms with Crippen LogP contribution in [0.4, 0.5) is 0 Å². The van der Waals surface area contributed by atoms with Gasteiger partial charge in [-0.2, -0.15) is 0 Å². The van der Waals surface area contributed by atoms with Crippen LogP contribution in [0.2, 0.25) is 0 Å². The molecule has 2 aromatic rings. The van der Waals surface area contributed by atoms with Crippen LogP contribution >= 0.6 is 0 Å². The number of amides is 2. The minimum absolute atomic E-state index is 0.0386. The van der Waals surface area contributed by atoms with Gasteiger partial charge in [-0.05, 0) is 30.2 Å². The number of aryl methyl sites for hydroxylation is 1. The fraction of sp³-hybridized carbons (Fsp3) is 0.364. The topological polar surface area (TPSA) is 45.6 Å². The molecule has 5 heteroatoms. The van der Waals surface area contributed by atoms with E-state index in [1.807, 2.05) is 53.0 Å². The summed E-state index contributed by atoms with van der Waals surface area (Å²) in [5, 5.41) is 0. The molecule has 0 aliphatic rings. The molecule has 1 heterocycles. The summed E-state index contributed by atoms with van der Waals surface area (Å²) >= 11 is 0. The number of aromatic nitrogens is 1. The molecule has 0 saturated carbocycles. The highest BCUT2D eigenvalue weighted by atomic mass is 16.2. The van der Waals surface area contributed by atoms with E-state index in [0.717, 1.165) is 5.69 Å². The van der Waals surface area contributed by atoms with Gasteiger partial charge in [-0.3, -0.25) is 9.59 Å². The summed E-state index contributed by atoms with van der Waals surface area (Å²) in [6.45, 7) is 9.44. The van der Waals surface area contributed by atoms with E-state index in [4.69, 9.17) is 0 Å². The van der Waals surface area contributed by atoms with Crippen LogP contribution in [0.25, 0.3) is 0 Å². The van der Waals surface area contributed by atoms with Crippen molar-refractivity contribution in [1.29, 1.82) is 0 Å². The van der Waals surface area contributed by atoms with Crippen molar-refractivity contribution in [3.05, 3.63) is 72.6 Å². The third kappa shape index (κ3) is 5.84. The summed E-state index contributed by atoms with van der Waals surface area (Å²) in [4.78, 5) is 29.2. The van der Waals surface area contributed by atoms with Crippen molar-refractivity contribution in [1.82, 2.24) is 14.4 Å². The van der Waals surface area contributed by atoms with Gasteiger partial charge in [0.15, 0.2) is 0 Å². The predicted octanol–water partition coefficient (Wildman–Crippen LogP) is 3.34. The zero-order valence-electron chi connectivity index (χ0n) is 16.5. The van der Waals surface area contributed by atoms with Crippen molar-refractivity contribution in [3.63, 3.8) is 0 Å². The molecule has 0 unspecified atom stereocenters. The largest absolute Gasteiger partial charge is 0.353 e. The number of hydrogen-bond acceptors (Lipinski definition) is 2. The highest BCUT2D eigenvalue weighted by Crippen LogP contribution is 2.11. The van der Waals surface area contributed by atoms with Gasteiger partial charge in [0.25, 0.3) is 5.91 Å². The SMILES string of the molecule is C=CCN(CC(=O)N(Cc1cccn1C)CC(C)C)C(=O)c1ccccc1. The van der Waals surface area contributed by atoms with Crippen molar-refractivity contribution in [2.45, 2.75) is 20.4 Å². The molecule has 1 aromatic carbocycles. The molecular weight excluding hydrogens is 338 g/mol. The third-order valence-electron chi connectivity index (χ3n) is 4.33. The van der Waals surface area contributed by atoms with E-state index in [0.29, 0.717) is 31.1 Å². The maximum absolute atomic E-state index is 13.0. The average Bonchev–Trinajstić information content (AvgIpc) is 3.05. The Balaban J connectivity index is 2.15. The molecule has 0 bridgehead atoms. The van der Waals surface area contributed by atoms with E-state index in [1.165, 1.54) is 0 Å². The first-order chi connectivity index (χ1) is 12.9. The summed E-state index contributed by atoms with van der Waals surface area (Å²) in [6.07, 6.45) is 3.62. The summed E-state index contributed by atoms with van der Waals surface area (Å²) in [5.41, 5.74) is 1.64. The minimum atomic E-state index is -0.160. The van der Waals surface area contributed by atoms with Gasteiger partial charge in [-0.25, -0.2) is 0 Å². The smallest absolute Gasteiger partial charge is 0.254 e. The number of benzene rings is 1. The molecule has 0 N–H and O–H groups in total. The van der Waals surface area contributed by atoms with E-state index < -0.39 is 0 Å². The van der Waals surface area contributed by atoms with E-state index in [2.05, 4.69) is 20.4 Å². The number of carbonyl (C=O) groups is 2.